The first kappa shape index (κ1) is 26.5. The summed E-state index contributed by atoms with van der Waals surface area (Å²) in [5.41, 5.74) is 1.43. The molecule has 1 saturated heterocycles. The molecule has 2 aliphatic rings. The fourth-order valence-corrected chi connectivity index (χ4v) is 4.34. The molecule has 2 amide bonds. The molecule has 7 nitrogen and oxygen atoms in total. The van der Waals surface area contributed by atoms with Crippen LogP contribution in [0, 0.1) is 11.3 Å². The lowest BCUT2D eigenvalue weighted by molar-refractivity contribution is -0.142. The summed E-state index contributed by atoms with van der Waals surface area (Å²) in [7, 11) is 0. The highest BCUT2D eigenvalue weighted by molar-refractivity contribution is 6.19. The summed E-state index contributed by atoms with van der Waals surface area (Å²) < 4.78 is 17.4. The zero-order chi connectivity index (χ0) is 25.2. The molecular formula is C28H36N2O5. The van der Waals surface area contributed by atoms with Crippen molar-refractivity contribution >= 4 is 17.9 Å². The number of amides is 2. The van der Waals surface area contributed by atoms with Gasteiger partial charge in [-0.1, -0.05) is 38.7 Å². The van der Waals surface area contributed by atoms with E-state index in [4.69, 9.17) is 14.2 Å². The van der Waals surface area contributed by atoms with Gasteiger partial charge in [-0.05, 0) is 62.5 Å². The molecule has 2 heterocycles. The van der Waals surface area contributed by atoms with E-state index in [1.807, 2.05) is 31.2 Å². The lowest BCUT2D eigenvalue weighted by Gasteiger charge is -2.29. The lowest BCUT2D eigenvalue weighted by atomic mass is 9.93. The minimum absolute atomic E-state index is 0.0121. The standard InChI is InChI=1S/C28H36N2O5/c1-4-6-7-8-9-14-35-25-13-12-21(17-26(25)33-5-2)16-23-20(3)24(18-29)28(32)30(27(23)31)19-22-11-10-15-34-22/h12-13,16-17,22H,4-11,14-15,19H2,1-3H3/b23-16+. The highest BCUT2D eigenvalue weighted by Gasteiger charge is 2.37. The average Bonchev–Trinajstić information content (AvgIpc) is 3.37. The SMILES string of the molecule is CCCCCCCOc1ccc(/C=C2/C(=O)N(CC3CCCO3)C(=O)C(C#N)=C2C)cc1OCC. The van der Waals surface area contributed by atoms with Gasteiger partial charge in [-0.3, -0.25) is 14.5 Å². The van der Waals surface area contributed by atoms with Gasteiger partial charge in [-0.15, -0.1) is 0 Å². The van der Waals surface area contributed by atoms with E-state index in [9.17, 15) is 14.9 Å². The van der Waals surface area contributed by atoms with Gasteiger partial charge in [0.15, 0.2) is 11.5 Å². The highest BCUT2D eigenvalue weighted by atomic mass is 16.5. The van der Waals surface area contributed by atoms with E-state index in [2.05, 4.69) is 6.92 Å². The van der Waals surface area contributed by atoms with Crippen LogP contribution in [0.3, 0.4) is 0 Å². The topological polar surface area (TPSA) is 88.9 Å². The largest absolute Gasteiger partial charge is 0.490 e. The summed E-state index contributed by atoms with van der Waals surface area (Å²) in [6.45, 7) is 7.62. The van der Waals surface area contributed by atoms with E-state index < -0.39 is 11.8 Å². The molecule has 1 atom stereocenters. The van der Waals surface area contributed by atoms with E-state index in [1.165, 1.54) is 19.3 Å². The number of nitriles is 1. The average molecular weight is 481 g/mol. The van der Waals surface area contributed by atoms with Crippen LogP contribution >= 0.6 is 0 Å². The third-order valence-electron chi connectivity index (χ3n) is 6.32. The second-order valence-corrected chi connectivity index (χ2v) is 8.93. The van der Waals surface area contributed by atoms with Crippen molar-refractivity contribution in [1.29, 1.82) is 5.26 Å². The molecule has 3 rings (SSSR count). The summed E-state index contributed by atoms with van der Waals surface area (Å²) in [5.74, 6) is 0.306. The third kappa shape index (κ3) is 6.73. The fraction of sp³-hybridized carbons (Fsp3) is 0.536. The molecule has 2 aliphatic heterocycles. The molecule has 0 spiro atoms. The molecule has 0 N–H and O–H groups in total. The normalized spacial score (nSPS) is 19.4. The number of rotatable bonds is 12. The highest BCUT2D eigenvalue weighted by Crippen LogP contribution is 2.32. The van der Waals surface area contributed by atoms with Crippen molar-refractivity contribution in [2.24, 2.45) is 0 Å². The number of nitrogens with zero attached hydrogens (tertiary/aromatic N) is 2. The van der Waals surface area contributed by atoms with E-state index >= 15 is 0 Å². The predicted molar refractivity (Wildman–Crippen MR) is 134 cm³/mol. The van der Waals surface area contributed by atoms with Crippen LogP contribution in [0.2, 0.25) is 0 Å². The van der Waals surface area contributed by atoms with Crippen molar-refractivity contribution in [1.82, 2.24) is 4.90 Å². The Morgan fingerprint density at radius 1 is 1.11 bits per heavy atom. The Labute approximate surface area is 208 Å². The van der Waals surface area contributed by atoms with Crippen molar-refractivity contribution in [2.75, 3.05) is 26.4 Å². The molecule has 1 fully saturated rings. The van der Waals surface area contributed by atoms with Gasteiger partial charge in [0, 0.05) is 12.2 Å². The molecule has 0 aromatic heterocycles. The van der Waals surface area contributed by atoms with E-state index in [0.717, 1.165) is 36.1 Å². The van der Waals surface area contributed by atoms with Gasteiger partial charge in [0.1, 0.15) is 11.6 Å². The van der Waals surface area contributed by atoms with Crippen molar-refractivity contribution in [3.05, 3.63) is 40.5 Å². The molecule has 0 radical (unpaired) electrons. The zero-order valence-corrected chi connectivity index (χ0v) is 21.1. The maximum Gasteiger partial charge on any atom is 0.271 e. The van der Waals surface area contributed by atoms with Crippen LogP contribution in [0.25, 0.3) is 6.08 Å². The third-order valence-corrected chi connectivity index (χ3v) is 6.32. The molecule has 35 heavy (non-hydrogen) atoms. The van der Waals surface area contributed by atoms with Gasteiger partial charge in [0.25, 0.3) is 11.8 Å². The fourth-order valence-electron chi connectivity index (χ4n) is 4.34. The van der Waals surface area contributed by atoms with Crippen LogP contribution in [0.1, 0.15) is 71.3 Å². The van der Waals surface area contributed by atoms with Crippen molar-refractivity contribution in [2.45, 2.75) is 71.8 Å². The smallest absolute Gasteiger partial charge is 0.271 e. The van der Waals surface area contributed by atoms with Gasteiger partial charge in [0.2, 0.25) is 0 Å². The molecule has 0 bridgehead atoms. The molecule has 0 saturated carbocycles. The minimum Gasteiger partial charge on any atom is -0.490 e. The first-order valence-corrected chi connectivity index (χ1v) is 12.7. The van der Waals surface area contributed by atoms with Gasteiger partial charge in [-0.2, -0.15) is 5.26 Å². The minimum atomic E-state index is -0.555. The number of benzene rings is 1. The first-order valence-electron chi connectivity index (χ1n) is 12.7. The van der Waals surface area contributed by atoms with E-state index in [-0.39, 0.29) is 18.2 Å². The molecule has 1 aromatic rings. The van der Waals surface area contributed by atoms with Crippen LogP contribution in [0.15, 0.2) is 34.9 Å². The predicted octanol–water partition coefficient (Wildman–Crippen LogP) is 5.21. The summed E-state index contributed by atoms with van der Waals surface area (Å²) in [4.78, 5) is 27.3. The maximum atomic E-state index is 13.3. The molecule has 188 valence electrons. The maximum absolute atomic E-state index is 13.3. The summed E-state index contributed by atoms with van der Waals surface area (Å²) in [5, 5.41) is 9.62. The second kappa shape index (κ2) is 13.1. The quantitative estimate of drug-likeness (QED) is 0.232. The van der Waals surface area contributed by atoms with Crippen LogP contribution in [-0.4, -0.2) is 49.2 Å². The number of hydrogen-bond acceptors (Lipinski definition) is 6. The van der Waals surface area contributed by atoms with Gasteiger partial charge in [-0.25, -0.2) is 0 Å². The van der Waals surface area contributed by atoms with Crippen molar-refractivity contribution < 1.29 is 23.8 Å². The Morgan fingerprint density at radius 3 is 2.60 bits per heavy atom. The number of carbonyl (C=O) groups is 2. The summed E-state index contributed by atoms with van der Waals surface area (Å²) in [6, 6.07) is 7.52. The second-order valence-electron chi connectivity index (χ2n) is 8.93. The molecule has 0 aliphatic carbocycles. The zero-order valence-electron chi connectivity index (χ0n) is 21.1. The number of unbranched alkanes of at least 4 members (excludes halogenated alkanes) is 4. The summed E-state index contributed by atoms with van der Waals surface area (Å²) >= 11 is 0. The number of carbonyl (C=O) groups excluding carboxylic acids is 2. The Morgan fingerprint density at radius 2 is 1.91 bits per heavy atom. The lowest BCUT2D eigenvalue weighted by Crippen LogP contribution is -2.46. The first-order chi connectivity index (χ1) is 17.0. The Kier molecular flexibility index (Phi) is 9.92. The monoisotopic (exact) mass is 480 g/mol. The van der Waals surface area contributed by atoms with Crippen LogP contribution in [0.4, 0.5) is 0 Å². The van der Waals surface area contributed by atoms with E-state index in [1.54, 1.807) is 13.0 Å². The van der Waals surface area contributed by atoms with Crippen LogP contribution < -0.4 is 9.47 Å². The Balaban J connectivity index is 1.82. The number of ether oxygens (including phenoxy) is 3. The van der Waals surface area contributed by atoms with E-state index in [0.29, 0.717) is 42.5 Å². The summed E-state index contributed by atoms with van der Waals surface area (Å²) in [6.07, 6.45) is 8.99. The van der Waals surface area contributed by atoms with Crippen LogP contribution in [0.5, 0.6) is 11.5 Å². The molecule has 7 heteroatoms. The van der Waals surface area contributed by atoms with Gasteiger partial charge >= 0.3 is 0 Å². The number of hydrogen-bond donors (Lipinski definition) is 0. The Hall–Kier alpha value is -3.11. The van der Waals surface area contributed by atoms with Crippen molar-refractivity contribution in [3.63, 3.8) is 0 Å². The molecular weight excluding hydrogens is 444 g/mol. The molecule has 1 aromatic carbocycles. The Bertz CT molecular complexity index is 1010. The number of imide groups is 1. The van der Waals surface area contributed by atoms with Gasteiger partial charge in [0.05, 0.1) is 25.9 Å². The molecule has 1 unspecified atom stereocenters. The van der Waals surface area contributed by atoms with Crippen LogP contribution in [-0.2, 0) is 14.3 Å². The van der Waals surface area contributed by atoms with Gasteiger partial charge < -0.3 is 14.2 Å². The van der Waals surface area contributed by atoms with Crippen molar-refractivity contribution in [3.8, 4) is 17.6 Å².